The van der Waals surface area contributed by atoms with Crippen LogP contribution in [0.2, 0.25) is 0 Å². The molecule has 0 fully saturated rings. The minimum Gasteiger partial charge on any atom is -0.346 e. The van der Waals surface area contributed by atoms with Crippen LogP contribution in [0, 0.1) is 13.8 Å². The maximum absolute atomic E-state index is 11.4. The molecule has 0 radical (unpaired) electrons. The predicted molar refractivity (Wildman–Crippen MR) is 73.0 cm³/mol. The molecule has 88 valence electrons. The molecule has 2 aromatic rings. The zero-order valence-electron chi connectivity index (χ0n) is 10.0. The standard InChI is InChI=1S/C12H17NOS2/c1-4-5-6-7-13-8(2)10-11(9(13)3)16-12(14)15-10/h4-7H2,1-3H3. The second-order valence-corrected chi connectivity index (χ2v) is 6.37. The van der Waals surface area contributed by atoms with Crippen molar-refractivity contribution in [2.24, 2.45) is 0 Å². The Morgan fingerprint density at radius 2 is 1.62 bits per heavy atom. The van der Waals surface area contributed by atoms with Crippen molar-refractivity contribution in [1.29, 1.82) is 0 Å². The maximum Gasteiger partial charge on any atom is 0.288 e. The van der Waals surface area contributed by atoms with Crippen molar-refractivity contribution < 1.29 is 0 Å². The van der Waals surface area contributed by atoms with Crippen LogP contribution in [-0.2, 0) is 6.54 Å². The molecule has 0 saturated heterocycles. The lowest BCUT2D eigenvalue weighted by Gasteiger charge is -2.08. The number of aromatic nitrogens is 1. The molecule has 0 aliphatic carbocycles. The summed E-state index contributed by atoms with van der Waals surface area (Å²) in [4.78, 5) is 11.4. The average molecular weight is 255 g/mol. The largest absolute Gasteiger partial charge is 0.346 e. The topological polar surface area (TPSA) is 22.0 Å². The van der Waals surface area contributed by atoms with Crippen molar-refractivity contribution in [3.05, 3.63) is 20.2 Å². The minimum absolute atomic E-state index is 0.219. The van der Waals surface area contributed by atoms with E-state index in [1.807, 2.05) is 0 Å². The molecule has 2 heterocycles. The van der Waals surface area contributed by atoms with Gasteiger partial charge in [-0.3, -0.25) is 4.79 Å². The van der Waals surface area contributed by atoms with Gasteiger partial charge < -0.3 is 4.57 Å². The highest BCUT2D eigenvalue weighted by molar-refractivity contribution is 7.35. The summed E-state index contributed by atoms with van der Waals surface area (Å²) in [5, 5.41) is 0. The van der Waals surface area contributed by atoms with Crippen LogP contribution < -0.4 is 4.06 Å². The van der Waals surface area contributed by atoms with Gasteiger partial charge in [0.15, 0.2) is 0 Å². The van der Waals surface area contributed by atoms with Crippen molar-refractivity contribution in [1.82, 2.24) is 4.57 Å². The Kier molecular flexibility index (Phi) is 3.50. The first kappa shape index (κ1) is 11.9. The highest BCUT2D eigenvalue weighted by Gasteiger charge is 2.13. The van der Waals surface area contributed by atoms with E-state index in [4.69, 9.17) is 0 Å². The second-order valence-electron chi connectivity index (χ2n) is 4.14. The summed E-state index contributed by atoms with van der Waals surface area (Å²) >= 11 is 2.79. The van der Waals surface area contributed by atoms with Gasteiger partial charge >= 0.3 is 0 Å². The van der Waals surface area contributed by atoms with Crippen LogP contribution in [-0.4, -0.2) is 4.57 Å². The van der Waals surface area contributed by atoms with Crippen LogP contribution in [0.1, 0.15) is 37.6 Å². The molecule has 0 saturated carbocycles. The number of nitrogens with zero attached hydrogens (tertiary/aromatic N) is 1. The van der Waals surface area contributed by atoms with Crippen molar-refractivity contribution in [2.75, 3.05) is 0 Å². The fourth-order valence-corrected chi connectivity index (χ4v) is 4.36. The Labute approximate surface area is 104 Å². The molecule has 0 N–H and O–H groups in total. The minimum atomic E-state index is 0.219. The summed E-state index contributed by atoms with van der Waals surface area (Å²) in [6, 6.07) is 0. The van der Waals surface area contributed by atoms with Gasteiger partial charge in [-0.05, 0) is 20.3 Å². The predicted octanol–water partition coefficient (Wildman–Crippen LogP) is 3.93. The van der Waals surface area contributed by atoms with Crippen LogP contribution in [0.5, 0.6) is 0 Å². The van der Waals surface area contributed by atoms with Gasteiger partial charge in [-0.1, -0.05) is 42.4 Å². The molecule has 0 atom stereocenters. The summed E-state index contributed by atoms with van der Waals surface area (Å²) in [5.74, 6) is 0. The second kappa shape index (κ2) is 4.72. The zero-order valence-corrected chi connectivity index (χ0v) is 11.6. The number of hydrogen-bond donors (Lipinski definition) is 0. The van der Waals surface area contributed by atoms with E-state index in [-0.39, 0.29) is 4.06 Å². The summed E-state index contributed by atoms with van der Waals surface area (Å²) in [7, 11) is 0. The molecule has 0 aromatic carbocycles. The molecule has 0 aliphatic heterocycles. The molecular weight excluding hydrogens is 238 g/mol. The van der Waals surface area contributed by atoms with E-state index in [1.54, 1.807) is 0 Å². The fraction of sp³-hybridized carbons (Fsp3) is 0.583. The molecule has 0 bridgehead atoms. The lowest BCUT2D eigenvalue weighted by atomic mass is 10.2. The monoisotopic (exact) mass is 255 g/mol. The number of unbranched alkanes of at least 4 members (excludes halogenated alkanes) is 2. The lowest BCUT2D eigenvalue weighted by Crippen LogP contribution is -2.02. The summed E-state index contributed by atoms with van der Waals surface area (Å²) < 4.78 is 4.98. The third kappa shape index (κ3) is 1.96. The number of hydrogen-bond acceptors (Lipinski definition) is 3. The lowest BCUT2D eigenvalue weighted by molar-refractivity contribution is 0.587. The van der Waals surface area contributed by atoms with Crippen LogP contribution in [0.4, 0.5) is 0 Å². The van der Waals surface area contributed by atoms with Gasteiger partial charge in [0.05, 0.1) is 9.40 Å². The molecule has 2 nitrogen and oxygen atoms in total. The third-order valence-electron chi connectivity index (χ3n) is 3.03. The van der Waals surface area contributed by atoms with Gasteiger partial charge in [-0.15, -0.1) is 0 Å². The van der Waals surface area contributed by atoms with Gasteiger partial charge in [0.2, 0.25) is 0 Å². The first-order valence-electron chi connectivity index (χ1n) is 5.74. The molecule has 4 heteroatoms. The molecule has 0 spiro atoms. The van der Waals surface area contributed by atoms with Crippen molar-refractivity contribution in [2.45, 2.75) is 46.6 Å². The molecule has 0 unspecified atom stereocenters. The maximum atomic E-state index is 11.4. The Hall–Kier alpha value is -0.610. The van der Waals surface area contributed by atoms with Crippen LogP contribution in [0.3, 0.4) is 0 Å². The van der Waals surface area contributed by atoms with Crippen LogP contribution in [0.25, 0.3) is 9.40 Å². The Morgan fingerprint density at radius 3 is 2.12 bits per heavy atom. The van der Waals surface area contributed by atoms with Crippen molar-refractivity contribution in [3.63, 3.8) is 0 Å². The summed E-state index contributed by atoms with van der Waals surface area (Å²) in [6.07, 6.45) is 3.76. The Morgan fingerprint density at radius 1 is 1.06 bits per heavy atom. The number of fused-ring (bicyclic) bond motifs is 1. The normalized spacial score (nSPS) is 11.4. The van der Waals surface area contributed by atoms with E-state index >= 15 is 0 Å². The molecule has 2 aromatic heterocycles. The van der Waals surface area contributed by atoms with Crippen LogP contribution in [0.15, 0.2) is 4.79 Å². The molecule has 0 amide bonds. The van der Waals surface area contributed by atoms with Crippen molar-refractivity contribution in [3.8, 4) is 0 Å². The van der Waals surface area contributed by atoms with Gasteiger partial charge in [-0.2, -0.15) is 0 Å². The first-order chi connectivity index (χ1) is 7.65. The van der Waals surface area contributed by atoms with Gasteiger partial charge in [0.25, 0.3) is 4.06 Å². The van der Waals surface area contributed by atoms with Gasteiger partial charge in [-0.25, -0.2) is 0 Å². The molecule has 2 rings (SSSR count). The van der Waals surface area contributed by atoms with Gasteiger partial charge in [0.1, 0.15) is 0 Å². The van der Waals surface area contributed by atoms with E-state index in [9.17, 15) is 4.79 Å². The zero-order chi connectivity index (χ0) is 11.7. The third-order valence-corrected chi connectivity index (χ3v) is 5.40. The molecule has 0 aliphatic rings. The Balaban J connectivity index is 2.38. The smallest absolute Gasteiger partial charge is 0.288 e. The van der Waals surface area contributed by atoms with Crippen LogP contribution >= 0.6 is 22.7 Å². The van der Waals surface area contributed by atoms with Crippen molar-refractivity contribution >= 4 is 32.1 Å². The Bertz CT molecular complexity index is 507. The first-order valence-corrected chi connectivity index (χ1v) is 7.37. The van der Waals surface area contributed by atoms with E-state index in [2.05, 4.69) is 25.3 Å². The average Bonchev–Trinajstić information content (AvgIpc) is 2.72. The quantitative estimate of drug-likeness (QED) is 0.759. The fourth-order valence-electron chi connectivity index (χ4n) is 2.11. The summed E-state index contributed by atoms with van der Waals surface area (Å²) in [6.45, 7) is 7.57. The number of aryl methyl sites for hydroxylation is 2. The SMILES string of the molecule is CCCCCn1c(C)c2sc(=O)sc2c1C. The van der Waals surface area contributed by atoms with Gasteiger partial charge in [0, 0.05) is 17.9 Å². The van der Waals surface area contributed by atoms with E-state index < -0.39 is 0 Å². The highest BCUT2D eigenvalue weighted by atomic mass is 32.2. The van der Waals surface area contributed by atoms with E-state index in [0.717, 1.165) is 6.54 Å². The molecule has 16 heavy (non-hydrogen) atoms. The summed E-state index contributed by atoms with van der Waals surface area (Å²) in [5.41, 5.74) is 2.54. The van der Waals surface area contributed by atoms with E-state index in [1.165, 1.54) is 62.7 Å². The highest BCUT2D eigenvalue weighted by Crippen LogP contribution is 2.30. The molecular formula is C12H17NOS2. The van der Waals surface area contributed by atoms with E-state index in [0.29, 0.717) is 0 Å². The number of rotatable bonds is 4.